The van der Waals surface area contributed by atoms with Crippen LogP contribution in [0.15, 0.2) is 54.6 Å². The summed E-state index contributed by atoms with van der Waals surface area (Å²) in [6, 6.07) is 17.9. The Labute approximate surface area is 125 Å². The van der Waals surface area contributed by atoms with Gasteiger partial charge in [-0.3, -0.25) is 0 Å². The van der Waals surface area contributed by atoms with E-state index in [2.05, 4.69) is 5.32 Å². The van der Waals surface area contributed by atoms with Gasteiger partial charge in [-0.25, -0.2) is 4.39 Å². The topological polar surface area (TPSA) is 21.3 Å². The Morgan fingerprint density at radius 3 is 2.52 bits per heavy atom. The van der Waals surface area contributed by atoms with Gasteiger partial charge in [0.25, 0.3) is 0 Å². The van der Waals surface area contributed by atoms with Crippen molar-refractivity contribution in [1.82, 2.24) is 5.32 Å². The first-order valence-corrected chi connectivity index (χ1v) is 7.44. The monoisotopic (exact) mass is 285 g/mol. The van der Waals surface area contributed by atoms with Gasteiger partial charge in [0, 0.05) is 12.5 Å². The fraction of sp³-hybridized carbons (Fsp3) is 0.333. The summed E-state index contributed by atoms with van der Waals surface area (Å²) < 4.78 is 19.7. The predicted octanol–water partition coefficient (Wildman–Crippen LogP) is 3.68. The first-order valence-electron chi connectivity index (χ1n) is 7.44. The highest BCUT2D eigenvalue weighted by Crippen LogP contribution is 2.29. The Bertz CT molecular complexity index is 555. The minimum absolute atomic E-state index is 0.00873. The molecule has 0 unspecified atom stereocenters. The predicted molar refractivity (Wildman–Crippen MR) is 82.3 cm³/mol. The summed E-state index contributed by atoms with van der Waals surface area (Å²) in [5, 5.41) is 3.08. The molecular formula is C18H20FNO. The Balaban J connectivity index is 1.61. The fourth-order valence-corrected chi connectivity index (χ4v) is 2.75. The van der Waals surface area contributed by atoms with Gasteiger partial charge >= 0.3 is 0 Å². The second-order valence-electron chi connectivity index (χ2n) is 5.46. The number of piperidine rings is 1. The maximum absolute atomic E-state index is 13.9. The van der Waals surface area contributed by atoms with E-state index < -0.39 is 6.17 Å². The lowest BCUT2D eigenvalue weighted by Gasteiger charge is -2.27. The van der Waals surface area contributed by atoms with Crippen LogP contribution in [0.2, 0.25) is 0 Å². The highest BCUT2D eigenvalue weighted by atomic mass is 19.1. The van der Waals surface area contributed by atoms with Crippen LogP contribution in [-0.4, -0.2) is 19.3 Å². The highest BCUT2D eigenvalue weighted by Gasteiger charge is 2.25. The van der Waals surface area contributed by atoms with Crippen LogP contribution in [0.5, 0.6) is 5.75 Å². The van der Waals surface area contributed by atoms with Crippen LogP contribution in [0.1, 0.15) is 23.5 Å². The van der Waals surface area contributed by atoms with E-state index in [0.29, 0.717) is 13.2 Å². The SMILES string of the molecule is F[C@H]1CNCC[C@@H]1c1ccc(OCc2ccccc2)cc1. The summed E-state index contributed by atoms with van der Waals surface area (Å²) >= 11 is 0. The molecule has 1 heterocycles. The molecule has 1 aliphatic rings. The molecule has 2 nitrogen and oxygen atoms in total. The van der Waals surface area contributed by atoms with E-state index in [1.807, 2.05) is 54.6 Å². The van der Waals surface area contributed by atoms with E-state index in [9.17, 15) is 4.39 Å². The molecule has 0 radical (unpaired) electrons. The van der Waals surface area contributed by atoms with Crippen molar-refractivity contribution >= 4 is 0 Å². The van der Waals surface area contributed by atoms with E-state index >= 15 is 0 Å². The summed E-state index contributed by atoms with van der Waals surface area (Å²) in [5.41, 5.74) is 2.21. The molecule has 3 heteroatoms. The lowest BCUT2D eigenvalue weighted by atomic mass is 9.89. The molecule has 21 heavy (non-hydrogen) atoms. The Kier molecular flexibility index (Phi) is 4.51. The third-order valence-corrected chi connectivity index (χ3v) is 3.96. The highest BCUT2D eigenvalue weighted by molar-refractivity contribution is 5.31. The lowest BCUT2D eigenvalue weighted by Crippen LogP contribution is -2.36. The summed E-state index contributed by atoms with van der Waals surface area (Å²) in [6.07, 6.45) is 0.0561. The van der Waals surface area contributed by atoms with E-state index in [1.54, 1.807) is 0 Å². The number of alkyl halides is 1. The lowest BCUT2D eigenvalue weighted by molar-refractivity contribution is 0.231. The van der Waals surface area contributed by atoms with Gasteiger partial charge in [0.15, 0.2) is 0 Å². The molecule has 1 aliphatic heterocycles. The van der Waals surface area contributed by atoms with Crippen molar-refractivity contribution in [2.24, 2.45) is 0 Å². The molecule has 3 rings (SSSR count). The van der Waals surface area contributed by atoms with Gasteiger partial charge in [0.1, 0.15) is 18.5 Å². The van der Waals surface area contributed by atoms with Gasteiger partial charge in [-0.2, -0.15) is 0 Å². The van der Waals surface area contributed by atoms with Crippen LogP contribution in [0.4, 0.5) is 4.39 Å². The normalized spacial score (nSPS) is 22.0. The number of nitrogens with one attached hydrogen (secondary N) is 1. The van der Waals surface area contributed by atoms with Crippen LogP contribution < -0.4 is 10.1 Å². The molecule has 0 bridgehead atoms. The summed E-state index contributed by atoms with van der Waals surface area (Å²) in [5.74, 6) is 0.835. The molecule has 0 aliphatic carbocycles. The van der Waals surface area contributed by atoms with Crippen LogP contribution in [0.25, 0.3) is 0 Å². The van der Waals surface area contributed by atoms with Crippen molar-refractivity contribution in [3.8, 4) is 5.75 Å². The van der Waals surface area contributed by atoms with Crippen molar-refractivity contribution in [2.45, 2.75) is 25.1 Å². The minimum Gasteiger partial charge on any atom is -0.489 e. The van der Waals surface area contributed by atoms with Crippen molar-refractivity contribution < 1.29 is 9.13 Å². The number of halogens is 1. The molecule has 110 valence electrons. The number of hydrogen-bond donors (Lipinski definition) is 1. The van der Waals surface area contributed by atoms with Crippen LogP contribution in [-0.2, 0) is 6.61 Å². The minimum atomic E-state index is -0.796. The molecule has 1 N–H and O–H groups in total. The second-order valence-corrected chi connectivity index (χ2v) is 5.46. The average Bonchev–Trinajstić information content (AvgIpc) is 2.55. The van der Waals surface area contributed by atoms with Crippen molar-refractivity contribution in [1.29, 1.82) is 0 Å². The van der Waals surface area contributed by atoms with Gasteiger partial charge in [0.2, 0.25) is 0 Å². The summed E-state index contributed by atoms with van der Waals surface area (Å²) in [4.78, 5) is 0. The molecule has 2 atom stereocenters. The number of rotatable bonds is 4. The fourth-order valence-electron chi connectivity index (χ4n) is 2.75. The zero-order valence-electron chi connectivity index (χ0n) is 12.0. The van der Waals surface area contributed by atoms with Gasteiger partial charge in [-0.1, -0.05) is 42.5 Å². The first kappa shape index (κ1) is 14.1. The molecule has 2 aromatic rings. The van der Waals surface area contributed by atoms with Crippen LogP contribution in [0, 0.1) is 0 Å². The van der Waals surface area contributed by atoms with Crippen LogP contribution >= 0.6 is 0 Å². The van der Waals surface area contributed by atoms with Gasteiger partial charge in [0.05, 0.1) is 0 Å². The second kappa shape index (κ2) is 6.72. The zero-order valence-corrected chi connectivity index (χ0v) is 12.0. The molecule has 0 amide bonds. The smallest absolute Gasteiger partial charge is 0.119 e. The molecule has 2 aromatic carbocycles. The zero-order chi connectivity index (χ0) is 14.5. The molecular weight excluding hydrogens is 265 g/mol. The third kappa shape index (κ3) is 3.61. The van der Waals surface area contributed by atoms with E-state index in [0.717, 1.165) is 29.8 Å². The van der Waals surface area contributed by atoms with Gasteiger partial charge < -0.3 is 10.1 Å². The molecule has 0 spiro atoms. The van der Waals surface area contributed by atoms with Crippen molar-refractivity contribution in [3.63, 3.8) is 0 Å². The number of hydrogen-bond acceptors (Lipinski definition) is 2. The summed E-state index contributed by atoms with van der Waals surface area (Å²) in [6.45, 7) is 1.90. The van der Waals surface area contributed by atoms with Crippen molar-refractivity contribution in [2.75, 3.05) is 13.1 Å². The van der Waals surface area contributed by atoms with Gasteiger partial charge in [-0.15, -0.1) is 0 Å². The van der Waals surface area contributed by atoms with E-state index in [4.69, 9.17) is 4.74 Å². The molecule has 1 fully saturated rings. The quantitative estimate of drug-likeness (QED) is 0.925. The maximum atomic E-state index is 13.9. The van der Waals surface area contributed by atoms with E-state index in [-0.39, 0.29) is 5.92 Å². The van der Waals surface area contributed by atoms with Crippen LogP contribution in [0.3, 0.4) is 0 Å². The Morgan fingerprint density at radius 2 is 1.81 bits per heavy atom. The average molecular weight is 285 g/mol. The molecule has 0 saturated carbocycles. The third-order valence-electron chi connectivity index (χ3n) is 3.96. The first-order chi connectivity index (χ1) is 10.3. The standard InChI is InChI=1S/C18H20FNO/c19-18-12-20-11-10-17(18)15-6-8-16(9-7-15)21-13-14-4-2-1-3-5-14/h1-9,17-18,20H,10-13H2/t17-,18+/m1/s1. The van der Waals surface area contributed by atoms with Crippen molar-refractivity contribution in [3.05, 3.63) is 65.7 Å². The molecule has 0 aromatic heterocycles. The Hall–Kier alpha value is -1.87. The van der Waals surface area contributed by atoms with Gasteiger partial charge in [-0.05, 0) is 36.2 Å². The Morgan fingerprint density at radius 1 is 1.05 bits per heavy atom. The largest absolute Gasteiger partial charge is 0.489 e. The number of ether oxygens (including phenoxy) is 1. The molecule has 1 saturated heterocycles. The van der Waals surface area contributed by atoms with E-state index in [1.165, 1.54) is 0 Å². The maximum Gasteiger partial charge on any atom is 0.119 e. The summed E-state index contributed by atoms with van der Waals surface area (Å²) in [7, 11) is 0. The number of benzene rings is 2.